The number of hydrogen-bond acceptors (Lipinski definition) is 2. The summed E-state index contributed by atoms with van der Waals surface area (Å²) < 4.78 is 0. The average molecular weight is 289 g/mol. The van der Waals surface area contributed by atoms with Crippen LogP contribution >= 0.6 is 11.3 Å². The Balaban J connectivity index is 2.20. The third-order valence-corrected chi connectivity index (χ3v) is 5.18. The van der Waals surface area contributed by atoms with Crippen LogP contribution in [0.1, 0.15) is 10.4 Å². The Morgan fingerprint density at radius 2 is 1.52 bits per heavy atom. The molecule has 0 atom stereocenters. The van der Waals surface area contributed by atoms with Crippen molar-refractivity contribution in [2.24, 2.45) is 0 Å². The molecule has 1 nitrogen and oxygen atoms in total. The van der Waals surface area contributed by atoms with E-state index in [-0.39, 0.29) is 0 Å². The van der Waals surface area contributed by atoms with E-state index in [0.717, 1.165) is 10.5 Å². The molecule has 2 aliphatic rings. The van der Waals surface area contributed by atoms with Gasteiger partial charge in [-0.3, -0.25) is 0 Å². The number of benzene rings is 2. The summed E-state index contributed by atoms with van der Waals surface area (Å²) in [6, 6.07) is 19.1. The van der Waals surface area contributed by atoms with E-state index in [4.69, 9.17) is 4.98 Å². The van der Waals surface area contributed by atoms with Crippen molar-refractivity contribution in [2.45, 2.75) is 13.8 Å². The molecule has 2 heteroatoms. The van der Waals surface area contributed by atoms with Crippen LogP contribution in [-0.4, -0.2) is 4.98 Å². The molecule has 4 rings (SSSR count). The minimum absolute atomic E-state index is 1.09. The molecule has 0 bridgehead atoms. The zero-order chi connectivity index (χ0) is 14.4. The minimum Gasteiger partial charge on any atom is -0.237 e. The average Bonchev–Trinajstić information content (AvgIpc) is 2.87. The maximum Gasteiger partial charge on any atom is 0.125 e. The second kappa shape index (κ2) is 4.68. The van der Waals surface area contributed by atoms with Gasteiger partial charge in [-0.15, -0.1) is 11.3 Å². The van der Waals surface area contributed by atoms with Gasteiger partial charge in [0.15, 0.2) is 0 Å². The quantitative estimate of drug-likeness (QED) is 0.439. The van der Waals surface area contributed by atoms with Crippen molar-refractivity contribution in [3.05, 3.63) is 65.0 Å². The summed E-state index contributed by atoms with van der Waals surface area (Å²) in [5.74, 6) is 0. The topological polar surface area (TPSA) is 12.9 Å². The number of aromatic nitrogens is 1. The smallest absolute Gasteiger partial charge is 0.125 e. The molecule has 2 aromatic rings. The third kappa shape index (κ3) is 1.87. The van der Waals surface area contributed by atoms with Crippen LogP contribution in [0, 0.1) is 13.8 Å². The number of para-hydroxylation sites is 1. The van der Waals surface area contributed by atoms with Gasteiger partial charge in [-0.1, -0.05) is 48.5 Å². The summed E-state index contributed by atoms with van der Waals surface area (Å²) in [4.78, 5) is 6.16. The molecule has 102 valence electrons. The maximum absolute atomic E-state index is 4.82. The van der Waals surface area contributed by atoms with Crippen LogP contribution in [0.2, 0.25) is 0 Å². The Morgan fingerprint density at radius 3 is 2.33 bits per heavy atom. The summed E-state index contributed by atoms with van der Waals surface area (Å²) in [5.41, 5.74) is 6.34. The van der Waals surface area contributed by atoms with Gasteiger partial charge in [-0.2, -0.15) is 0 Å². The SMILES string of the molecule is Cc1sc2nc3ccccc3c-2c(-c2ccccc2)c1C. The zero-order valence-electron chi connectivity index (χ0n) is 12.1. The Labute approximate surface area is 128 Å². The molecule has 0 saturated carbocycles. The summed E-state index contributed by atoms with van der Waals surface area (Å²) >= 11 is 1.79. The van der Waals surface area contributed by atoms with Crippen molar-refractivity contribution in [1.29, 1.82) is 0 Å². The van der Waals surface area contributed by atoms with Gasteiger partial charge in [0.25, 0.3) is 0 Å². The molecular weight excluding hydrogens is 274 g/mol. The molecule has 0 fully saturated rings. The predicted molar refractivity (Wildman–Crippen MR) is 91.2 cm³/mol. The van der Waals surface area contributed by atoms with Crippen molar-refractivity contribution in [2.75, 3.05) is 0 Å². The van der Waals surface area contributed by atoms with E-state index in [1.807, 2.05) is 0 Å². The molecule has 21 heavy (non-hydrogen) atoms. The fraction of sp³-hybridized carbons (Fsp3) is 0.105. The molecule has 2 heterocycles. The molecule has 0 aromatic heterocycles. The summed E-state index contributed by atoms with van der Waals surface area (Å²) in [7, 11) is 0. The number of rotatable bonds is 1. The van der Waals surface area contributed by atoms with Crippen molar-refractivity contribution in [3.8, 4) is 21.7 Å². The zero-order valence-corrected chi connectivity index (χ0v) is 12.9. The van der Waals surface area contributed by atoms with Crippen LogP contribution < -0.4 is 0 Å². The van der Waals surface area contributed by atoms with Gasteiger partial charge >= 0.3 is 0 Å². The lowest BCUT2D eigenvalue weighted by molar-refractivity contribution is 1.40. The first kappa shape index (κ1) is 12.5. The van der Waals surface area contributed by atoms with Crippen LogP contribution in [0.4, 0.5) is 0 Å². The molecule has 0 aliphatic carbocycles. The van der Waals surface area contributed by atoms with E-state index < -0.39 is 0 Å². The summed E-state index contributed by atoms with van der Waals surface area (Å²) in [5, 5.41) is 2.39. The van der Waals surface area contributed by atoms with Gasteiger partial charge in [0.1, 0.15) is 5.01 Å². The molecule has 0 saturated heterocycles. The van der Waals surface area contributed by atoms with E-state index in [0.29, 0.717) is 0 Å². The number of nitrogens with zero attached hydrogens (tertiary/aromatic N) is 1. The Bertz CT molecular complexity index is 906. The first-order valence-electron chi connectivity index (χ1n) is 7.09. The molecule has 0 amide bonds. The number of aryl methyl sites for hydroxylation is 1. The highest BCUT2D eigenvalue weighted by Crippen LogP contribution is 2.45. The molecule has 0 spiro atoms. The monoisotopic (exact) mass is 289 g/mol. The van der Waals surface area contributed by atoms with E-state index in [1.54, 1.807) is 11.3 Å². The van der Waals surface area contributed by atoms with Crippen LogP contribution in [0.3, 0.4) is 0 Å². The summed E-state index contributed by atoms with van der Waals surface area (Å²) in [6.45, 7) is 4.40. The molecule has 2 aliphatic heterocycles. The number of fused-ring (bicyclic) bond motifs is 3. The Kier molecular flexibility index (Phi) is 2.79. The van der Waals surface area contributed by atoms with Crippen LogP contribution in [0.25, 0.3) is 32.6 Å². The van der Waals surface area contributed by atoms with E-state index in [1.165, 1.54) is 32.5 Å². The van der Waals surface area contributed by atoms with Gasteiger partial charge in [-0.05, 0) is 36.6 Å². The molecule has 0 radical (unpaired) electrons. The fourth-order valence-corrected chi connectivity index (χ4v) is 3.93. The Hall–Kier alpha value is -2.19. The molecular formula is C19H15NS. The van der Waals surface area contributed by atoms with Gasteiger partial charge in [0.2, 0.25) is 0 Å². The molecule has 2 aromatic carbocycles. The second-order valence-electron chi connectivity index (χ2n) is 5.33. The minimum atomic E-state index is 1.09. The van der Waals surface area contributed by atoms with Crippen LogP contribution in [0.5, 0.6) is 0 Å². The van der Waals surface area contributed by atoms with Crippen molar-refractivity contribution < 1.29 is 0 Å². The maximum atomic E-state index is 4.82. The highest BCUT2D eigenvalue weighted by atomic mass is 32.1. The van der Waals surface area contributed by atoms with E-state index in [2.05, 4.69) is 68.4 Å². The van der Waals surface area contributed by atoms with Crippen molar-refractivity contribution in [3.63, 3.8) is 0 Å². The standard InChI is InChI=1S/C19H15NS/c1-12-13(2)21-19-18(15-10-6-7-11-16(15)20-19)17(12)14-8-4-3-5-9-14/h3-11H,1-2H3. The lowest BCUT2D eigenvalue weighted by atomic mass is 9.95. The van der Waals surface area contributed by atoms with Crippen molar-refractivity contribution in [1.82, 2.24) is 4.98 Å². The lowest BCUT2D eigenvalue weighted by Crippen LogP contribution is -1.90. The second-order valence-corrected chi connectivity index (χ2v) is 6.54. The fourth-order valence-electron chi connectivity index (χ4n) is 2.93. The van der Waals surface area contributed by atoms with Gasteiger partial charge in [0, 0.05) is 15.8 Å². The van der Waals surface area contributed by atoms with E-state index >= 15 is 0 Å². The highest BCUT2D eigenvalue weighted by molar-refractivity contribution is 7.15. The number of hydrogen-bond donors (Lipinski definition) is 0. The van der Waals surface area contributed by atoms with E-state index in [9.17, 15) is 0 Å². The largest absolute Gasteiger partial charge is 0.237 e. The van der Waals surface area contributed by atoms with Crippen LogP contribution in [-0.2, 0) is 0 Å². The predicted octanol–water partition coefficient (Wildman–Crippen LogP) is 5.68. The lowest BCUT2D eigenvalue weighted by Gasteiger charge is -2.14. The molecule has 0 unspecified atom stereocenters. The molecule has 0 N–H and O–H groups in total. The van der Waals surface area contributed by atoms with Gasteiger partial charge in [0.05, 0.1) is 5.52 Å². The van der Waals surface area contributed by atoms with Gasteiger partial charge < -0.3 is 0 Å². The normalized spacial score (nSPS) is 11.3. The first-order valence-corrected chi connectivity index (χ1v) is 7.91. The third-order valence-electron chi connectivity index (χ3n) is 4.07. The summed E-state index contributed by atoms with van der Waals surface area (Å²) in [6.07, 6.45) is 0. The van der Waals surface area contributed by atoms with Gasteiger partial charge in [-0.25, -0.2) is 4.98 Å². The Morgan fingerprint density at radius 1 is 0.810 bits per heavy atom. The van der Waals surface area contributed by atoms with Crippen LogP contribution in [0.15, 0.2) is 54.6 Å². The highest BCUT2D eigenvalue weighted by Gasteiger charge is 2.21. The van der Waals surface area contributed by atoms with Crippen molar-refractivity contribution >= 4 is 22.2 Å². The first-order chi connectivity index (χ1) is 10.3.